The van der Waals surface area contributed by atoms with E-state index in [1.165, 1.54) is 36.7 Å². The van der Waals surface area contributed by atoms with E-state index in [1.54, 1.807) is 17.0 Å². The zero-order valence-electron chi connectivity index (χ0n) is 19.1. The summed E-state index contributed by atoms with van der Waals surface area (Å²) in [6, 6.07) is 8.72. The summed E-state index contributed by atoms with van der Waals surface area (Å²) in [4.78, 5) is 22.6. The molecule has 0 atom stereocenters. The maximum absolute atomic E-state index is 13.0. The van der Waals surface area contributed by atoms with E-state index in [2.05, 4.69) is 28.5 Å². The van der Waals surface area contributed by atoms with Crippen molar-refractivity contribution in [2.24, 2.45) is 5.92 Å². The molecular weight excluding hydrogens is 456 g/mol. The van der Waals surface area contributed by atoms with E-state index >= 15 is 0 Å². The fraction of sp³-hybridized carbons (Fsp3) is 0.375. The Morgan fingerprint density at radius 1 is 1.06 bits per heavy atom. The Labute approximate surface area is 198 Å². The van der Waals surface area contributed by atoms with Crippen molar-refractivity contribution in [1.29, 1.82) is 0 Å². The number of carbonyl (C=O) groups is 1. The summed E-state index contributed by atoms with van der Waals surface area (Å²) in [5.74, 6) is 0.0706. The third kappa shape index (κ3) is 4.97. The molecule has 0 saturated carbocycles. The molecule has 180 valence electrons. The van der Waals surface area contributed by atoms with Crippen LogP contribution in [-0.2, 0) is 10.0 Å². The highest BCUT2D eigenvalue weighted by Gasteiger charge is 2.34. The zero-order chi connectivity index (χ0) is 24.5. The second-order valence-electron chi connectivity index (χ2n) is 9.13. The molecule has 0 spiro atoms. The molecule has 4 rings (SSSR count). The van der Waals surface area contributed by atoms with Crippen LogP contribution in [0.25, 0.3) is 11.0 Å². The molecule has 3 aromatic rings. The molecule has 1 fully saturated rings. The van der Waals surface area contributed by atoms with E-state index in [4.69, 9.17) is 0 Å². The van der Waals surface area contributed by atoms with Gasteiger partial charge in [-0.05, 0) is 61.6 Å². The van der Waals surface area contributed by atoms with Crippen molar-refractivity contribution in [1.82, 2.24) is 14.9 Å². The lowest BCUT2D eigenvalue weighted by Crippen LogP contribution is -2.47. The van der Waals surface area contributed by atoms with Crippen molar-refractivity contribution < 1.29 is 23.4 Å². The number of carbonyl (C=O) groups excluding carboxylic acids is 1. The van der Waals surface area contributed by atoms with Crippen LogP contribution < -0.4 is 4.72 Å². The number of hydrogen-bond donors (Lipinski definition) is 3. The Hall–Kier alpha value is -3.24. The molecule has 10 heteroatoms. The van der Waals surface area contributed by atoms with Crippen LogP contribution in [0.15, 0.2) is 53.7 Å². The fourth-order valence-corrected chi connectivity index (χ4v) is 5.61. The van der Waals surface area contributed by atoms with Crippen molar-refractivity contribution in [3.05, 3.63) is 54.4 Å². The Morgan fingerprint density at radius 3 is 2.29 bits per heavy atom. The molecule has 1 aliphatic rings. The van der Waals surface area contributed by atoms with Crippen LogP contribution in [0, 0.1) is 5.92 Å². The fourth-order valence-electron chi connectivity index (χ4n) is 4.40. The summed E-state index contributed by atoms with van der Waals surface area (Å²) in [5, 5.41) is 20.6. The lowest BCUT2D eigenvalue weighted by molar-refractivity contribution is -0.0311. The third-order valence-electron chi connectivity index (χ3n) is 6.01. The van der Waals surface area contributed by atoms with Crippen LogP contribution in [0.2, 0.25) is 0 Å². The van der Waals surface area contributed by atoms with Crippen LogP contribution in [0.1, 0.15) is 43.5 Å². The smallest absolute Gasteiger partial charge is 0.264 e. The predicted molar refractivity (Wildman–Crippen MR) is 128 cm³/mol. The molecule has 0 aliphatic carbocycles. The van der Waals surface area contributed by atoms with Gasteiger partial charge in [0.15, 0.2) is 0 Å². The number of fused-ring (bicyclic) bond motifs is 1. The number of rotatable bonds is 6. The van der Waals surface area contributed by atoms with Gasteiger partial charge in [-0.25, -0.2) is 13.4 Å². The maximum Gasteiger partial charge on any atom is 0.264 e. The Kier molecular flexibility index (Phi) is 6.46. The van der Waals surface area contributed by atoms with Gasteiger partial charge in [0.05, 0.1) is 5.60 Å². The molecule has 0 bridgehead atoms. The molecule has 1 amide bonds. The van der Waals surface area contributed by atoms with E-state index in [0.29, 0.717) is 43.8 Å². The van der Waals surface area contributed by atoms with Crippen molar-refractivity contribution in [2.75, 3.05) is 17.8 Å². The molecule has 2 heterocycles. The van der Waals surface area contributed by atoms with Crippen molar-refractivity contribution in [3.63, 3.8) is 0 Å². The molecule has 1 saturated heterocycles. The predicted octanol–water partition coefficient (Wildman–Crippen LogP) is 3.15. The molecule has 1 aromatic heterocycles. The Bertz CT molecular complexity index is 1300. The van der Waals surface area contributed by atoms with Gasteiger partial charge in [-0.15, -0.1) is 0 Å². The number of sulfonamides is 1. The first kappa shape index (κ1) is 23.9. The van der Waals surface area contributed by atoms with E-state index in [1.807, 2.05) is 0 Å². The maximum atomic E-state index is 13.0. The Balaban J connectivity index is 1.46. The first-order chi connectivity index (χ1) is 16.1. The van der Waals surface area contributed by atoms with Crippen molar-refractivity contribution in [3.8, 4) is 5.75 Å². The Morgan fingerprint density at radius 2 is 1.68 bits per heavy atom. The normalized spacial score (nSPS) is 16.1. The first-order valence-electron chi connectivity index (χ1n) is 11.2. The second kappa shape index (κ2) is 9.19. The summed E-state index contributed by atoms with van der Waals surface area (Å²) < 4.78 is 28.4. The van der Waals surface area contributed by atoms with Crippen molar-refractivity contribution >= 4 is 32.7 Å². The average Bonchev–Trinajstić information content (AvgIpc) is 2.79. The molecule has 0 unspecified atom stereocenters. The van der Waals surface area contributed by atoms with E-state index in [9.17, 15) is 23.4 Å². The number of phenols is 1. The minimum atomic E-state index is -4.02. The third-order valence-corrected chi connectivity index (χ3v) is 7.42. The minimum Gasteiger partial charge on any atom is -0.506 e. The number of aromatic hydroxyl groups is 1. The summed E-state index contributed by atoms with van der Waals surface area (Å²) in [6.45, 7) is 5.10. The van der Waals surface area contributed by atoms with E-state index in [0.717, 1.165) is 0 Å². The SMILES string of the molecule is CC(C)CC1(O)CCN(C(=O)c2ccc(NS(=O)(=O)c3ccc(O)c4nccnc34)cc2)CC1. The second-order valence-corrected chi connectivity index (χ2v) is 10.8. The summed E-state index contributed by atoms with van der Waals surface area (Å²) in [7, 11) is -4.02. The highest BCUT2D eigenvalue weighted by atomic mass is 32.2. The molecular formula is C24H28N4O5S. The zero-order valence-corrected chi connectivity index (χ0v) is 19.9. The van der Waals surface area contributed by atoms with E-state index in [-0.39, 0.29) is 33.3 Å². The summed E-state index contributed by atoms with van der Waals surface area (Å²) in [5.41, 5.74) is 0.151. The summed E-state index contributed by atoms with van der Waals surface area (Å²) >= 11 is 0. The van der Waals surface area contributed by atoms with Gasteiger partial charge in [0, 0.05) is 36.7 Å². The monoisotopic (exact) mass is 484 g/mol. The molecule has 0 radical (unpaired) electrons. The number of amides is 1. The molecule has 34 heavy (non-hydrogen) atoms. The number of hydrogen-bond acceptors (Lipinski definition) is 7. The highest BCUT2D eigenvalue weighted by Crippen LogP contribution is 2.30. The van der Waals surface area contributed by atoms with Gasteiger partial charge >= 0.3 is 0 Å². The molecule has 9 nitrogen and oxygen atoms in total. The van der Waals surface area contributed by atoms with Gasteiger partial charge in [0.2, 0.25) is 0 Å². The number of phenolic OH excluding ortho intramolecular Hbond substituents is 1. The van der Waals surface area contributed by atoms with Gasteiger partial charge in [0.25, 0.3) is 15.9 Å². The quantitative estimate of drug-likeness (QED) is 0.489. The first-order valence-corrected chi connectivity index (χ1v) is 12.6. The van der Waals surface area contributed by atoms with Crippen molar-refractivity contribution in [2.45, 2.75) is 43.6 Å². The highest BCUT2D eigenvalue weighted by molar-refractivity contribution is 7.93. The van der Waals surface area contributed by atoms with Crippen LogP contribution in [-0.4, -0.2) is 58.1 Å². The lowest BCUT2D eigenvalue weighted by Gasteiger charge is -2.39. The van der Waals surface area contributed by atoms with Crippen LogP contribution >= 0.6 is 0 Å². The van der Waals surface area contributed by atoms with Crippen LogP contribution in [0.4, 0.5) is 5.69 Å². The average molecular weight is 485 g/mol. The largest absolute Gasteiger partial charge is 0.506 e. The molecule has 2 aromatic carbocycles. The number of benzene rings is 2. The van der Waals surface area contributed by atoms with Gasteiger partial charge in [0.1, 0.15) is 21.7 Å². The minimum absolute atomic E-state index is 0.0596. The molecule has 1 aliphatic heterocycles. The number of piperidine rings is 1. The van der Waals surface area contributed by atoms with Crippen LogP contribution in [0.5, 0.6) is 5.75 Å². The topological polar surface area (TPSA) is 133 Å². The van der Waals surface area contributed by atoms with Gasteiger partial charge < -0.3 is 15.1 Å². The van der Waals surface area contributed by atoms with E-state index < -0.39 is 15.6 Å². The number of anilines is 1. The van der Waals surface area contributed by atoms with Crippen LogP contribution in [0.3, 0.4) is 0 Å². The number of aromatic nitrogens is 2. The van der Waals surface area contributed by atoms with Gasteiger partial charge in [-0.2, -0.15) is 0 Å². The summed E-state index contributed by atoms with van der Waals surface area (Å²) in [6.07, 6.45) is 4.52. The molecule has 3 N–H and O–H groups in total. The number of nitrogens with zero attached hydrogens (tertiary/aromatic N) is 3. The standard InChI is InChI=1S/C24H28N4O5S/c1-16(2)15-24(31)9-13-28(14-10-24)23(30)17-3-5-18(6-4-17)27-34(32,33)20-8-7-19(29)21-22(20)26-12-11-25-21/h3-8,11-12,16,27,29,31H,9-10,13-15H2,1-2H3. The van der Waals surface area contributed by atoms with Gasteiger partial charge in [-0.3, -0.25) is 14.5 Å². The van der Waals surface area contributed by atoms with Gasteiger partial charge in [-0.1, -0.05) is 13.8 Å². The number of likely N-dealkylation sites (tertiary alicyclic amines) is 1. The number of nitrogens with one attached hydrogen (secondary N) is 1. The number of aliphatic hydroxyl groups is 1. The lowest BCUT2D eigenvalue weighted by atomic mass is 9.84.